The summed E-state index contributed by atoms with van der Waals surface area (Å²) in [5.41, 5.74) is 0. The molecule has 2 N–H and O–H groups in total. The van der Waals surface area contributed by atoms with Crippen molar-refractivity contribution in [1.29, 1.82) is 0 Å². The summed E-state index contributed by atoms with van der Waals surface area (Å²) < 4.78 is 0. The van der Waals surface area contributed by atoms with Gasteiger partial charge in [-0.1, -0.05) is 38.0 Å². The fourth-order valence-corrected chi connectivity index (χ4v) is 1.14. The van der Waals surface area contributed by atoms with E-state index < -0.39 is 12.0 Å². The van der Waals surface area contributed by atoms with Crippen molar-refractivity contribution in [2.75, 3.05) is 0 Å². The number of carbonyl (C=O) groups is 2. The molecule has 90 valence electrons. The summed E-state index contributed by atoms with van der Waals surface area (Å²) in [5, 5.41) is 11.3. The number of aliphatic carboxylic acids is 1. The first kappa shape index (κ1) is 14.4. The van der Waals surface area contributed by atoms with Gasteiger partial charge in [0.15, 0.2) is 0 Å². The molecular weight excluding hydrogens is 206 g/mol. The second kappa shape index (κ2) is 8.71. The van der Waals surface area contributed by atoms with Crippen molar-refractivity contribution in [1.82, 2.24) is 5.32 Å². The van der Waals surface area contributed by atoms with E-state index in [9.17, 15) is 9.59 Å². The van der Waals surface area contributed by atoms with Crippen molar-refractivity contribution in [3.05, 3.63) is 24.3 Å². The van der Waals surface area contributed by atoms with E-state index in [1.807, 2.05) is 13.8 Å². The summed E-state index contributed by atoms with van der Waals surface area (Å²) in [6, 6.07) is -0.789. The lowest BCUT2D eigenvalue weighted by atomic mass is 10.1. The molecule has 1 atom stereocenters. The Kier molecular flexibility index (Phi) is 7.85. The average molecular weight is 225 g/mol. The zero-order valence-electron chi connectivity index (χ0n) is 9.77. The first-order valence-electron chi connectivity index (χ1n) is 5.44. The van der Waals surface area contributed by atoms with Crippen LogP contribution >= 0.6 is 0 Å². The van der Waals surface area contributed by atoms with Gasteiger partial charge in [0.05, 0.1) is 0 Å². The number of carbonyl (C=O) groups excluding carboxylic acids is 1. The largest absolute Gasteiger partial charge is 0.480 e. The van der Waals surface area contributed by atoms with Crippen LogP contribution in [0.25, 0.3) is 0 Å². The van der Waals surface area contributed by atoms with E-state index in [1.165, 1.54) is 6.08 Å². The third-order valence-electron chi connectivity index (χ3n) is 2.01. The lowest BCUT2D eigenvalue weighted by molar-refractivity contribution is -0.141. The van der Waals surface area contributed by atoms with Crippen LogP contribution in [0, 0.1) is 0 Å². The number of carboxylic acid groups (broad SMARTS) is 1. The molecule has 0 aliphatic heterocycles. The maximum atomic E-state index is 11.3. The van der Waals surface area contributed by atoms with Gasteiger partial charge in [0, 0.05) is 6.08 Å². The standard InChI is InChI=1S/C12H19NO3/c1-3-5-7-9-11(14)13-10(12(15)16)8-6-4-2/h3,5,7,9-10H,4,6,8H2,1-2H3,(H,13,14)(H,15,16)/b5-3?,9-7+/t10-/m0/s1. The molecule has 0 heterocycles. The molecule has 0 aromatic carbocycles. The summed E-state index contributed by atoms with van der Waals surface area (Å²) in [5.74, 6) is -1.36. The topological polar surface area (TPSA) is 66.4 Å². The Bertz CT molecular complexity index is 282. The molecule has 0 spiro atoms. The van der Waals surface area contributed by atoms with Gasteiger partial charge in [-0.05, 0) is 13.3 Å². The maximum absolute atomic E-state index is 11.3. The highest BCUT2D eigenvalue weighted by Crippen LogP contribution is 2.00. The van der Waals surface area contributed by atoms with Crippen molar-refractivity contribution < 1.29 is 14.7 Å². The highest BCUT2D eigenvalue weighted by Gasteiger charge is 2.17. The second-order valence-corrected chi connectivity index (χ2v) is 3.43. The van der Waals surface area contributed by atoms with Gasteiger partial charge in [-0.25, -0.2) is 4.79 Å². The first-order valence-corrected chi connectivity index (χ1v) is 5.44. The number of nitrogens with one attached hydrogen (secondary N) is 1. The number of hydrogen-bond donors (Lipinski definition) is 2. The number of rotatable bonds is 7. The predicted octanol–water partition coefficient (Wildman–Crippen LogP) is 1.88. The summed E-state index contributed by atoms with van der Waals surface area (Å²) in [6.45, 7) is 3.82. The number of carboxylic acids is 1. The molecule has 4 heteroatoms. The molecule has 0 bridgehead atoms. The van der Waals surface area contributed by atoms with E-state index in [-0.39, 0.29) is 5.91 Å². The van der Waals surface area contributed by atoms with Crippen LogP contribution in [0.5, 0.6) is 0 Å². The number of amides is 1. The zero-order valence-corrected chi connectivity index (χ0v) is 9.77. The minimum Gasteiger partial charge on any atom is -0.480 e. The fraction of sp³-hybridized carbons (Fsp3) is 0.500. The van der Waals surface area contributed by atoms with E-state index in [4.69, 9.17) is 5.11 Å². The Morgan fingerprint density at radius 2 is 2.06 bits per heavy atom. The van der Waals surface area contributed by atoms with Crippen LogP contribution < -0.4 is 5.32 Å². The van der Waals surface area contributed by atoms with E-state index in [1.54, 1.807) is 18.2 Å². The van der Waals surface area contributed by atoms with Crippen LogP contribution in [-0.2, 0) is 9.59 Å². The smallest absolute Gasteiger partial charge is 0.326 e. The molecule has 0 aromatic heterocycles. The third-order valence-corrected chi connectivity index (χ3v) is 2.01. The second-order valence-electron chi connectivity index (χ2n) is 3.43. The highest BCUT2D eigenvalue weighted by atomic mass is 16.4. The van der Waals surface area contributed by atoms with Crippen LogP contribution in [0.2, 0.25) is 0 Å². The average Bonchev–Trinajstić information content (AvgIpc) is 2.24. The summed E-state index contributed by atoms with van der Waals surface area (Å²) >= 11 is 0. The molecule has 0 aliphatic carbocycles. The number of allylic oxidation sites excluding steroid dienone is 3. The minimum atomic E-state index is -0.985. The summed E-state index contributed by atoms with van der Waals surface area (Å²) in [4.78, 5) is 22.1. The van der Waals surface area contributed by atoms with Crippen molar-refractivity contribution in [2.24, 2.45) is 0 Å². The monoisotopic (exact) mass is 225 g/mol. The predicted molar refractivity (Wildman–Crippen MR) is 63.0 cm³/mol. The van der Waals surface area contributed by atoms with Crippen molar-refractivity contribution >= 4 is 11.9 Å². The Balaban J connectivity index is 4.17. The Morgan fingerprint density at radius 1 is 1.38 bits per heavy atom. The molecule has 0 unspecified atom stereocenters. The molecule has 0 saturated heterocycles. The van der Waals surface area contributed by atoms with Gasteiger partial charge in [-0.3, -0.25) is 4.79 Å². The van der Waals surface area contributed by atoms with Crippen molar-refractivity contribution in [3.63, 3.8) is 0 Å². The maximum Gasteiger partial charge on any atom is 0.326 e. The Labute approximate surface area is 96.0 Å². The van der Waals surface area contributed by atoms with E-state index >= 15 is 0 Å². The molecule has 0 saturated carbocycles. The first-order chi connectivity index (χ1) is 7.61. The molecule has 0 aromatic rings. The molecule has 0 aliphatic rings. The van der Waals surface area contributed by atoms with Gasteiger partial charge in [0.1, 0.15) is 6.04 Å². The van der Waals surface area contributed by atoms with Crippen LogP contribution in [-0.4, -0.2) is 23.0 Å². The van der Waals surface area contributed by atoms with Crippen LogP contribution in [0.4, 0.5) is 0 Å². The van der Waals surface area contributed by atoms with Crippen LogP contribution in [0.1, 0.15) is 33.1 Å². The SMILES string of the molecule is CC=C/C=C/C(=O)N[C@@H](CCCC)C(=O)O. The van der Waals surface area contributed by atoms with E-state index in [2.05, 4.69) is 5.32 Å². The highest BCUT2D eigenvalue weighted by molar-refractivity contribution is 5.91. The molecule has 0 radical (unpaired) electrons. The molecular formula is C12H19NO3. The van der Waals surface area contributed by atoms with E-state index in [0.717, 1.165) is 12.8 Å². The fourth-order valence-electron chi connectivity index (χ4n) is 1.14. The Hall–Kier alpha value is -1.58. The van der Waals surface area contributed by atoms with Crippen molar-refractivity contribution in [2.45, 2.75) is 39.2 Å². The van der Waals surface area contributed by atoms with E-state index in [0.29, 0.717) is 6.42 Å². The van der Waals surface area contributed by atoms with Gasteiger partial charge in [-0.15, -0.1) is 0 Å². The van der Waals surface area contributed by atoms with Gasteiger partial charge < -0.3 is 10.4 Å². The molecule has 16 heavy (non-hydrogen) atoms. The summed E-state index contributed by atoms with van der Waals surface area (Å²) in [7, 11) is 0. The molecule has 1 amide bonds. The normalized spacial score (nSPS) is 13.1. The molecule has 0 rings (SSSR count). The zero-order chi connectivity index (χ0) is 12.4. The van der Waals surface area contributed by atoms with Gasteiger partial charge >= 0.3 is 5.97 Å². The number of unbranched alkanes of at least 4 members (excludes halogenated alkanes) is 1. The van der Waals surface area contributed by atoms with Gasteiger partial charge in [-0.2, -0.15) is 0 Å². The van der Waals surface area contributed by atoms with Crippen LogP contribution in [0.3, 0.4) is 0 Å². The van der Waals surface area contributed by atoms with Gasteiger partial charge in [0.25, 0.3) is 0 Å². The quantitative estimate of drug-likeness (QED) is 0.513. The van der Waals surface area contributed by atoms with Crippen molar-refractivity contribution in [3.8, 4) is 0 Å². The van der Waals surface area contributed by atoms with Crippen LogP contribution in [0.15, 0.2) is 24.3 Å². The number of hydrogen-bond acceptors (Lipinski definition) is 2. The molecule has 0 fully saturated rings. The minimum absolute atomic E-state index is 0.374. The van der Waals surface area contributed by atoms with Gasteiger partial charge in [0.2, 0.25) is 5.91 Å². The lowest BCUT2D eigenvalue weighted by Gasteiger charge is -2.12. The lowest BCUT2D eigenvalue weighted by Crippen LogP contribution is -2.39. The Morgan fingerprint density at radius 3 is 2.56 bits per heavy atom. The summed E-state index contributed by atoms with van der Waals surface area (Å²) in [6.07, 6.45) is 8.56. The molecule has 4 nitrogen and oxygen atoms in total. The third kappa shape index (κ3) is 6.81.